The van der Waals surface area contributed by atoms with E-state index in [-0.39, 0.29) is 5.91 Å². The Labute approximate surface area is 106 Å². The average molecular weight is 244 g/mol. The second-order valence-electron chi connectivity index (χ2n) is 4.14. The Hall–Kier alpha value is -2.30. The van der Waals surface area contributed by atoms with Crippen molar-refractivity contribution in [1.82, 2.24) is 9.78 Å². The number of carbonyl (C=O) groups is 1. The van der Waals surface area contributed by atoms with Gasteiger partial charge in [0, 0.05) is 36.7 Å². The number of anilines is 2. The number of nitrogens with zero attached hydrogens (tertiary/aromatic N) is 2. The van der Waals surface area contributed by atoms with Crippen LogP contribution >= 0.6 is 0 Å². The molecule has 0 atom stereocenters. The molecule has 0 radical (unpaired) electrons. The van der Waals surface area contributed by atoms with E-state index in [9.17, 15) is 4.79 Å². The average Bonchev–Trinajstić information content (AvgIpc) is 2.84. The molecule has 0 bridgehead atoms. The van der Waals surface area contributed by atoms with Crippen molar-refractivity contribution in [3.05, 3.63) is 42.2 Å². The van der Waals surface area contributed by atoms with Crippen LogP contribution in [0.5, 0.6) is 0 Å². The molecule has 94 valence electrons. The van der Waals surface area contributed by atoms with Crippen LogP contribution < -0.4 is 11.1 Å². The van der Waals surface area contributed by atoms with Gasteiger partial charge in [-0.15, -0.1) is 0 Å². The molecule has 0 aliphatic rings. The van der Waals surface area contributed by atoms with Crippen LogP contribution in [0, 0.1) is 6.92 Å². The van der Waals surface area contributed by atoms with E-state index in [0.717, 1.165) is 11.3 Å². The normalized spacial score (nSPS) is 10.3. The lowest BCUT2D eigenvalue weighted by Crippen LogP contribution is -2.15. The summed E-state index contributed by atoms with van der Waals surface area (Å²) in [5, 5.41) is 6.90. The van der Waals surface area contributed by atoms with Crippen LogP contribution in [-0.4, -0.2) is 15.7 Å². The monoisotopic (exact) mass is 244 g/mol. The molecule has 3 N–H and O–H groups in total. The number of nitrogens with two attached hydrogens (primary N) is 1. The zero-order valence-corrected chi connectivity index (χ0v) is 10.3. The van der Waals surface area contributed by atoms with Gasteiger partial charge in [-0.25, -0.2) is 0 Å². The van der Waals surface area contributed by atoms with Crippen molar-refractivity contribution in [1.29, 1.82) is 0 Å². The molecule has 1 amide bonds. The number of hydrogen-bond acceptors (Lipinski definition) is 3. The van der Waals surface area contributed by atoms with Crippen molar-refractivity contribution in [3.63, 3.8) is 0 Å². The second-order valence-corrected chi connectivity index (χ2v) is 4.14. The van der Waals surface area contributed by atoms with E-state index in [1.165, 1.54) is 0 Å². The van der Waals surface area contributed by atoms with Crippen LogP contribution in [0.25, 0.3) is 0 Å². The van der Waals surface area contributed by atoms with E-state index < -0.39 is 0 Å². The van der Waals surface area contributed by atoms with Crippen molar-refractivity contribution in [2.75, 3.05) is 11.1 Å². The molecule has 2 rings (SSSR count). The van der Waals surface area contributed by atoms with Crippen LogP contribution in [0.1, 0.15) is 12.0 Å². The number of benzene rings is 1. The Bertz CT molecular complexity index is 534. The lowest BCUT2D eigenvalue weighted by molar-refractivity contribution is -0.116. The summed E-state index contributed by atoms with van der Waals surface area (Å²) >= 11 is 0. The number of hydrogen-bond donors (Lipinski definition) is 2. The van der Waals surface area contributed by atoms with E-state index in [0.29, 0.717) is 18.7 Å². The van der Waals surface area contributed by atoms with Crippen molar-refractivity contribution in [2.24, 2.45) is 0 Å². The Morgan fingerprint density at radius 1 is 1.50 bits per heavy atom. The fourth-order valence-electron chi connectivity index (χ4n) is 1.64. The maximum absolute atomic E-state index is 11.8. The minimum absolute atomic E-state index is 0.0424. The number of amides is 1. The number of aromatic nitrogens is 2. The van der Waals surface area contributed by atoms with Gasteiger partial charge in [-0.1, -0.05) is 6.07 Å². The highest BCUT2D eigenvalue weighted by Gasteiger charge is 2.05. The summed E-state index contributed by atoms with van der Waals surface area (Å²) < 4.78 is 1.73. The predicted molar refractivity (Wildman–Crippen MR) is 71.1 cm³/mol. The highest BCUT2D eigenvalue weighted by atomic mass is 16.1. The number of aryl methyl sites for hydroxylation is 2. The van der Waals surface area contributed by atoms with Crippen molar-refractivity contribution in [2.45, 2.75) is 19.9 Å². The third-order valence-corrected chi connectivity index (χ3v) is 2.66. The first-order valence-corrected chi connectivity index (χ1v) is 5.78. The smallest absolute Gasteiger partial charge is 0.226 e. The minimum Gasteiger partial charge on any atom is -0.399 e. The summed E-state index contributed by atoms with van der Waals surface area (Å²) in [4.78, 5) is 11.8. The number of carbonyl (C=O) groups excluding carboxylic acids is 1. The molecule has 0 unspecified atom stereocenters. The first-order chi connectivity index (χ1) is 8.65. The molecule has 0 saturated heterocycles. The zero-order valence-electron chi connectivity index (χ0n) is 10.3. The molecule has 1 aromatic heterocycles. The molecule has 1 aromatic carbocycles. The van der Waals surface area contributed by atoms with Crippen LogP contribution in [0.15, 0.2) is 36.7 Å². The van der Waals surface area contributed by atoms with Gasteiger partial charge in [-0.3, -0.25) is 9.48 Å². The van der Waals surface area contributed by atoms with Crippen molar-refractivity contribution in [3.8, 4) is 0 Å². The van der Waals surface area contributed by atoms with Gasteiger partial charge in [0.25, 0.3) is 0 Å². The van der Waals surface area contributed by atoms with E-state index in [1.807, 2.05) is 31.3 Å². The largest absolute Gasteiger partial charge is 0.399 e. The van der Waals surface area contributed by atoms with Gasteiger partial charge in [0.15, 0.2) is 0 Å². The van der Waals surface area contributed by atoms with Crippen LogP contribution in [0.4, 0.5) is 11.4 Å². The molecule has 0 aliphatic carbocycles. The Morgan fingerprint density at radius 3 is 3.06 bits per heavy atom. The van der Waals surface area contributed by atoms with Gasteiger partial charge in [0.1, 0.15) is 0 Å². The summed E-state index contributed by atoms with van der Waals surface area (Å²) in [5.74, 6) is -0.0424. The zero-order chi connectivity index (χ0) is 13.0. The Balaban J connectivity index is 1.92. The van der Waals surface area contributed by atoms with Crippen LogP contribution in [0.3, 0.4) is 0 Å². The molecule has 5 heteroatoms. The third-order valence-electron chi connectivity index (χ3n) is 2.66. The first-order valence-electron chi connectivity index (χ1n) is 5.78. The van der Waals surface area contributed by atoms with E-state index >= 15 is 0 Å². The number of nitrogens with one attached hydrogen (secondary N) is 1. The summed E-state index contributed by atoms with van der Waals surface area (Å²) in [6.07, 6.45) is 3.91. The second kappa shape index (κ2) is 5.35. The lowest BCUT2D eigenvalue weighted by Gasteiger charge is -2.09. The predicted octanol–water partition coefficient (Wildman–Crippen LogP) is 1.80. The molecule has 0 spiro atoms. The van der Waals surface area contributed by atoms with Gasteiger partial charge < -0.3 is 11.1 Å². The summed E-state index contributed by atoms with van der Waals surface area (Å²) in [5.41, 5.74) is 8.09. The van der Waals surface area contributed by atoms with Crippen LogP contribution in [0.2, 0.25) is 0 Å². The fraction of sp³-hybridized carbons (Fsp3) is 0.231. The summed E-state index contributed by atoms with van der Waals surface area (Å²) in [6, 6.07) is 7.30. The highest BCUT2D eigenvalue weighted by molar-refractivity contribution is 5.91. The molecule has 5 nitrogen and oxygen atoms in total. The first kappa shape index (κ1) is 12.2. The molecule has 0 aliphatic heterocycles. The quantitative estimate of drug-likeness (QED) is 0.805. The third kappa shape index (κ3) is 3.10. The maximum atomic E-state index is 11.8. The molecule has 1 heterocycles. The number of nitrogen functional groups attached to an aromatic ring is 1. The van der Waals surface area contributed by atoms with Gasteiger partial charge >= 0.3 is 0 Å². The lowest BCUT2D eigenvalue weighted by atomic mass is 10.2. The standard InChI is InChI=1S/C13H16N4O/c1-10-3-4-11(14)9-12(10)16-13(18)5-8-17-7-2-6-15-17/h2-4,6-7,9H,5,8,14H2,1H3,(H,16,18). The topological polar surface area (TPSA) is 72.9 Å². The van der Waals surface area contributed by atoms with E-state index in [4.69, 9.17) is 5.73 Å². The summed E-state index contributed by atoms with van der Waals surface area (Å²) in [6.45, 7) is 2.50. The highest BCUT2D eigenvalue weighted by Crippen LogP contribution is 2.18. The van der Waals surface area contributed by atoms with Crippen molar-refractivity contribution >= 4 is 17.3 Å². The molecule has 18 heavy (non-hydrogen) atoms. The molecular weight excluding hydrogens is 228 g/mol. The minimum atomic E-state index is -0.0424. The molecular formula is C13H16N4O. The van der Waals surface area contributed by atoms with Crippen LogP contribution in [-0.2, 0) is 11.3 Å². The van der Waals surface area contributed by atoms with Gasteiger partial charge in [-0.2, -0.15) is 5.10 Å². The van der Waals surface area contributed by atoms with Gasteiger partial charge in [-0.05, 0) is 30.7 Å². The van der Waals surface area contributed by atoms with Gasteiger partial charge in [0.05, 0.1) is 0 Å². The maximum Gasteiger partial charge on any atom is 0.226 e. The summed E-state index contributed by atoms with van der Waals surface area (Å²) in [7, 11) is 0. The Kier molecular flexibility index (Phi) is 3.62. The molecule has 2 aromatic rings. The molecule has 0 saturated carbocycles. The molecule has 0 fully saturated rings. The number of rotatable bonds is 4. The van der Waals surface area contributed by atoms with E-state index in [2.05, 4.69) is 10.4 Å². The Morgan fingerprint density at radius 2 is 2.33 bits per heavy atom. The van der Waals surface area contributed by atoms with E-state index in [1.54, 1.807) is 16.9 Å². The van der Waals surface area contributed by atoms with Gasteiger partial charge in [0.2, 0.25) is 5.91 Å². The fourth-order valence-corrected chi connectivity index (χ4v) is 1.64. The SMILES string of the molecule is Cc1ccc(N)cc1NC(=O)CCn1cccn1. The van der Waals surface area contributed by atoms with Crippen molar-refractivity contribution < 1.29 is 4.79 Å².